The second kappa shape index (κ2) is 34.3. The quantitative estimate of drug-likeness (QED) is 0.0302. The van der Waals surface area contributed by atoms with Crippen molar-refractivity contribution in [1.82, 2.24) is 5.32 Å². The molecule has 3 unspecified atom stereocenters. The van der Waals surface area contributed by atoms with Crippen LogP contribution in [0.5, 0.6) is 0 Å². The molecule has 0 spiro atoms. The van der Waals surface area contributed by atoms with E-state index in [1.807, 2.05) is 0 Å². The molecule has 0 aliphatic heterocycles. The number of carbonyl (C=O) groups is 1. The molecule has 0 aromatic carbocycles. The van der Waals surface area contributed by atoms with Gasteiger partial charge in [-0.1, -0.05) is 146 Å². The molecule has 0 aromatic rings. The van der Waals surface area contributed by atoms with Crippen molar-refractivity contribution in [3.63, 3.8) is 0 Å². The number of hydrogen-bond acceptors (Lipinski definition) is 6. The lowest BCUT2D eigenvalue weighted by atomic mass is 10.0. The standard InChI is InChI=1S/C38H71N2O6P/c1-3-5-7-9-11-12-13-14-15-16-17-18-19-20-21-22-23-24-26-28-30-32-38(42)40-36(35-46-47(43,44)45-34-33-39)37(41)31-29-27-25-10-8-6-4-2/h5,7,11-12,14-15,17-18,36-37,41H,3-4,6,8-10,13,16,19-35,39H2,1-2H3,(H,40,42)(H,43,44)/b7-5-,12-11-,15-14-,18-17-. The first-order valence-electron chi connectivity index (χ1n) is 18.8. The molecule has 0 rings (SSSR count). The predicted octanol–water partition coefficient (Wildman–Crippen LogP) is 9.77. The summed E-state index contributed by atoms with van der Waals surface area (Å²) in [6.45, 7) is 4.01. The summed E-state index contributed by atoms with van der Waals surface area (Å²) in [6, 6.07) is -0.777. The van der Waals surface area contributed by atoms with Gasteiger partial charge < -0.3 is 21.1 Å². The summed E-state index contributed by atoms with van der Waals surface area (Å²) in [6.07, 6.45) is 39.9. The van der Waals surface area contributed by atoms with Gasteiger partial charge in [-0.05, 0) is 51.4 Å². The molecule has 0 aromatic heterocycles. The van der Waals surface area contributed by atoms with Gasteiger partial charge in [0.1, 0.15) is 0 Å². The molecule has 47 heavy (non-hydrogen) atoms. The first-order valence-corrected chi connectivity index (χ1v) is 20.2. The molecule has 0 saturated heterocycles. The fraction of sp³-hybridized carbons (Fsp3) is 0.763. The van der Waals surface area contributed by atoms with Gasteiger partial charge in [-0.2, -0.15) is 0 Å². The number of nitrogens with one attached hydrogen (secondary N) is 1. The molecule has 9 heteroatoms. The molecule has 274 valence electrons. The van der Waals surface area contributed by atoms with Crippen molar-refractivity contribution in [2.45, 2.75) is 167 Å². The van der Waals surface area contributed by atoms with Crippen molar-refractivity contribution in [3.05, 3.63) is 48.6 Å². The molecule has 0 fully saturated rings. The highest BCUT2D eigenvalue weighted by Crippen LogP contribution is 2.43. The minimum atomic E-state index is -4.30. The summed E-state index contributed by atoms with van der Waals surface area (Å²) >= 11 is 0. The zero-order valence-electron chi connectivity index (χ0n) is 30.0. The highest BCUT2D eigenvalue weighted by Gasteiger charge is 2.27. The van der Waals surface area contributed by atoms with Crippen molar-refractivity contribution in [3.8, 4) is 0 Å². The Bertz CT molecular complexity index is 876. The number of amides is 1. The van der Waals surface area contributed by atoms with Gasteiger partial charge in [0.05, 0.1) is 25.4 Å². The van der Waals surface area contributed by atoms with Crippen LogP contribution in [0.4, 0.5) is 0 Å². The number of nitrogens with two attached hydrogens (primary N) is 1. The molecular weight excluding hydrogens is 611 g/mol. The van der Waals surface area contributed by atoms with E-state index in [9.17, 15) is 19.4 Å². The van der Waals surface area contributed by atoms with Crippen molar-refractivity contribution in [2.24, 2.45) is 5.73 Å². The fourth-order valence-electron chi connectivity index (χ4n) is 5.13. The molecule has 1 amide bonds. The molecule has 0 aliphatic carbocycles. The summed E-state index contributed by atoms with van der Waals surface area (Å²) in [5.74, 6) is -0.177. The van der Waals surface area contributed by atoms with E-state index in [0.29, 0.717) is 12.8 Å². The Morgan fingerprint density at radius 3 is 1.81 bits per heavy atom. The summed E-state index contributed by atoms with van der Waals surface area (Å²) in [7, 11) is -4.30. The maximum absolute atomic E-state index is 12.7. The van der Waals surface area contributed by atoms with Gasteiger partial charge >= 0.3 is 7.82 Å². The summed E-state index contributed by atoms with van der Waals surface area (Å²) in [5, 5.41) is 13.6. The van der Waals surface area contributed by atoms with Gasteiger partial charge in [-0.15, -0.1) is 0 Å². The number of allylic oxidation sites excluding steroid dienone is 8. The lowest BCUT2D eigenvalue weighted by molar-refractivity contribution is -0.123. The molecule has 0 saturated carbocycles. The van der Waals surface area contributed by atoms with Crippen LogP contribution in [0.25, 0.3) is 0 Å². The summed E-state index contributed by atoms with van der Waals surface area (Å²) in [5.41, 5.74) is 5.34. The van der Waals surface area contributed by atoms with Crippen LogP contribution in [0, 0.1) is 0 Å². The first-order chi connectivity index (χ1) is 22.9. The third-order valence-electron chi connectivity index (χ3n) is 7.95. The smallest absolute Gasteiger partial charge is 0.391 e. The van der Waals surface area contributed by atoms with E-state index in [0.717, 1.165) is 70.6 Å². The van der Waals surface area contributed by atoms with Crippen LogP contribution in [0.1, 0.15) is 155 Å². The number of phosphoric ester groups is 1. The zero-order valence-corrected chi connectivity index (χ0v) is 30.9. The molecule has 0 aliphatic rings. The number of hydrogen-bond donors (Lipinski definition) is 4. The Labute approximate surface area is 288 Å². The van der Waals surface area contributed by atoms with Crippen LogP contribution < -0.4 is 11.1 Å². The van der Waals surface area contributed by atoms with E-state index in [4.69, 9.17) is 14.8 Å². The lowest BCUT2D eigenvalue weighted by Crippen LogP contribution is -2.46. The van der Waals surface area contributed by atoms with E-state index in [1.165, 1.54) is 57.8 Å². The van der Waals surface area contributed by atoms with Gasteiger partial charge in [-0.3, -0.25) is 13.8 Å². The van der Waals surface area contributed by atoms with Crippen LogP contribution in [0.2, 0.25) is 0 Å². The third-order valence-corrected chi connectivity index (χ3v) is 8.93. The monoisotopic (exact) mass is 683 g/mol. The zero-order chi connectivity index (χ0) is 34.7. The predicted molar refractivity (Wildman–Crippen MR) is 198 cm³/mol. The maximum Gasteiger partial charge on any atom is 0.472 e. The highest BCUT2D eigenvalue weighted by molar-refractivity contribution is 7.47. The minimum absolute atomic E-state index is 0.0850. The van der Waals surface area contributed by atoms with E-state index in [2.05, 4.69) is 67.8 Å². The van der Waals surface area contributed by atoms with Crippen molar-refractivity contribution >= 4 is 13.7 Å². The second-order valence-electron chi connectivity index (χ2n) is 12.4. The Kier molecular flexibility index (Phi) is 33.2. The number of rotatable bonds is 34. The lowest BCUT2D eigenvalue weighted by Gasteiger charge is -2.25. The van der Waals surface area contributed by atoms with E-state index >= 15 is 0 Å². The second-order valence-corrected chi connectivity index (χ2v) is 13.9. The van der Waals surface area contributed by atoms with Crippen molar-refractivity contribution < 1.29 is 28.4 Å². The van der Waals surface area contributed by atoms with Crippen LogP contribution in [0.15, 0.2) is 48.6 Å². The van der Waals surface area contributed by atoms with E-state index in [1.54, 1.807) is 0 Å². The largest absolute Gasteiger partial charge is 0.472 e. The Morgan fingerprint density at radius 1 is 0.723 bits per heavy atom. The fourth-order valence-corrected chi connectivity index (χ4v) is 5.89. The van der Waals surface area contributed by atoms with Gasteiger partial charge in [0.2, 0.25) is 5.91 Å². The Morgan fingerprint density at radius 2 is 1.23 bits per heavy atom. The highest BCUT2D eigenvalue weighted by atomic mass is 31.2. The molecule has 0 heterocycles. The van der Waals surface area contributed by atoms with Crippen LogP contribution in [-0.2, 0) is 18.4 Å². The molecule has 8 nitrogen and oxygen atoms in total. The summed E-state index contributed by atoms with van der Waals surface area (Å²) in [4.78, 5) is 22.5. The van der Waals surface area contributed by atoms with Gasteiger partial charge in [0.25, 0.3) is 0 Å². The maximum atomic E-state index is 12.7. The minimum Gasteiger partial charge on any atom is -0.391 e. The van der Waals surface area contributed by atoms with Crippen LogP contribution in [0.3, 0.4) is 0 Å². The Hall–Kier alpha value is -1.54. The molecule has 0 radical (unpaired) electrons. The van der Waals surface area contributed by atoms with Gasteiger partial charge in [0.15, 0.2) is 0 Å². The SMILES string of the molecule is CC/C=C\C/C=C\C/C=C\C/C=C\CCCCCCCCCCC(=O)NC(COP(=O)(O)OCCN)C(O)CCCCCCCCC. The average Bonchev–Trinajstić information content (AvgIpc) is 3.05. The summed E-state index contributed by atoms with van der Waals surface area (Å²) < 4.78 is 22.0. The van der Waals surface area contributed by atoms with Crippen molar-refractivity contribution in [2.75, 3.05) is 19.8 Å². The van der Waals surface area contributed by atoms with Crippen LogP contribution in [-0.4, -0.2) is 47.8 Å². The Balaban J connectivity index is 4.10. The number of carbonyl (C=O) groups excluding carboxylic acids is 1. The number of phosphoric acid groups is 1. The third kappa shape index (κ3) is 32.8. The molecule has 3 atom stereocenters. The van der Waals surface area contributed by atoms with Gasteiger partial charge in [-0.25, -0.2) is 4.57 Å². The average molecular weight is 683 g/mol. The van der Waals surface area contributed by atoms with E-state index < -0.39 is 20.0 Å². The first kappa shape index (κ1) is 45.5. The molecular formula is C38H71N2O6P. The van der Waals surface area contributed by atoms with Gasteiger partial charge in [0, 0.05) is 13.0 Å². The number of aliphatic hydroxyl groups is 1. The normalized spacial score (nSPS) is 14.9. The number of aliphatic hydroxyl groups excluding tert-OH is 1. The van der Waals surface area contributed by atoms with Crippen molar-refractivity contribution in [1.29, 1.82) is 0 Å². The topological polar surface area (TPSA) is 131 Å². The van der Waals surface area contributed by atoms with Crippen LogP contribution >= 0.6 is 7.82 Å². The molecule has 5 N–H and O–H groups in total. The number of unbranched alkanes of at least 4 members (excludes halogenated alkanes) is 14. The molecule has 0 bridgehead atoms. The van der Waals surface area contributed by atoms with E-state index in [-0.39, 0.29) is 25.7 Å².